The Hall–Kier alpha value is -2.42. The van der Waals surface area contributed by atoms with Gasteiger partial charge in [0.15, 0.2) is 0 Å². The van der Waals surface area contributed by atoms with Crippen LogP contribution in [0.2, 0.25) is 0 Å². The SMILES string of the molecule is Cc1cc(C)c(-[n+]2[c-]n(Cc3ccncc3)cc2)c(C)c1. The molecular formula is C18H19N3. The van der Waals surface area contributed by atoms with Gasteiger partial charge in [0, 0.05) is 24.8 Å². The largest absolute Gasteiger partial charge is 0.326 e. The summed E-state index contributed by atoms with van der Waals surface area (Å²) in [7, 11) is 0. The van der Waals surface area contributed by atoms with E-state index in [1.807, 2.05) is 24.5 Å². The normalized spacial score (nSPS) is 10.8. The molecule has 106 valence electrons. The van der Waals surface area contributed by atoms with Crippen LogP contribution in [-0.4, -0.2) is 9.55 Å². The van der Waals surface area contributed by atoms with Gasteiger partial charge in [0.05, 0.1) is 12.2 Å². The molecule has 0 spiro atoms. The van der Waals surface area contributed by atoms with Crippen molar-refractivity contribution in [3.8, 4) is 5.69 Å². The van der Waals surface area contributed by atoms with E-state index in [0.717, 1.165) is 6.54 Å². The molecular weight excluding hydrogens is 258 g/mol. The van der Waals surface area contributed by atoms with Gasteiger partial charge in [-0.05, 0) is 49.6 Å². The van der Waals surface area contributed by atoms with Crippen LogP contribution in [0.1, 0.15) is 22.3 Å². The van der Waals surface area contributed by atoms with E-state index in [2.05, 4.69) is 65.7 Å². The van der Waals surface area contributed by atoms with Gasteiger partial charge in [-0.15, -0.1) is 0 Å². The van der Waals surface area contributed by atoms with Crippen LogP contribution < -0.4 is 4.57 Å². The summed E-state index contributed by atoms with van der Waals surface area (Å²) in [5, 5.41) is 0. The molecule has 0 aliphatic carbocycles. The fraction of sp³-hybridized carbons (Fsp3) is 0.222. The summed E-state index contributed by atoms with van der Waals surface area (Å²) in [5.41, 5.74) is 6.28. The molecule has 0 amide bonds. The molecule has 0 unspecified atom stereocenters. The third-order valence-electron chi connectivity index (χ3n) is 3.61. The second-order valence-electron chi connectivity index (χ2n) is 5.50. The Morgan fingerprint density at radius 2 is 1.76 bits per heavy atom. The van der Waals surface area contributed by atoms with Crippen molar-refractivity contribution in [1.82, 2.24) is 9.55 Å². The minimum atomic E-state index is 0.805. The van der Waals surface area contributed by atoms with Crippen LogP contribution in [0.3, 0.4) is 0 Å². The molecule has 0 saturated carbocycles. The Balaban J connectivity index is 1.92. The molecule has 0 fully saturated rings. The number of hydrogen-bond donors (Lipinski definition) is 0. The lowest BCUT2D eigenvalue weighted by molar-refractivity contribution is -0.600. The predicted octanol–water partition coefficient (Wildman–Crippen LogP) is 2.93. The lowest BCUT2D eigenvalue weighted by atomic mass is 10.1. The zero-order chi connectivity index (χ0) is 14.8. The topological polar surface area (TPSA) is 21.7 Å². The van der Waals surface area contributed by atoms with Crippen LogP contribution in [0, 0.1) is 27.1 Å². The van der Waals surface area contributed by atoms with E-state index >= 15 is 0 Å². The Morgan fingerprint density at radius 3 is 2.43 bits per heavy atom. The summed E-state index contributed by atoms with van der Waals surface area (Å²) in [4.78, 5) is 4.05. The number of aromatic nitrogens is 3. The average Bonchev–Trinajstić information content (AvgIpc) is 2.87. The fourth-order valence-electron chi connectivity index (χ4n) is 2.80. The minimum absolute atomic E-state index is 0.805. The van der Waals surface area contributed by atoms with E-state index in [-0.39, 0.29) is 0 Å². The zero-order valence-electron chi connectivity index (χ0n) is 12.7. The number of rotatable bonds is 3. The summed E-state index contributed by atoms with van der Waals surface area (Å²) >= 11 is 0. The molecule has 1 aromatic carbocycles. The molecule has 0 aliphatic rings. The molecule has 0 N–H and O–H groups in total. The highest BCUT2D eigenvalue weighted by Gasteiger charge is 2.07. The number of aryl methyl sites for hydroxylation is 3. The zero-order valence-corrected chi connectivity index (χ0v) is 12.7. The molecule has 2 aromatic heterocycles. The molecule has 0 atom stereocenters. The molecule has 0 aliphatic heterocycles. The number of hydrogen-bond acceptors (Lipinski definition) is 1. The van der Waals surface area contributed by atoms with Gasteiger partial charge < -0.3 is 9.13 Å². The maximum absolute atomic E-state index is 4.05. The van der Waals surface area contributed by atoms with Gasteiger partial charge >= 0.3 is 0 Å². The standard InChI is InChI=1S/C18H19N3/c1-14-10-15(2)18(16(3)11-14)21-9-8-20(13-21)12-17-4-6-19-7-5-17/h4-11H,12H2,1-3H3. The van der Waals surface area contributed by atoms with Crippen molar-refractivity contribution in [3.63, 3.8) is 0 Å². The lowest BCUT2D eigenvalue weighted by Crippen LogP contribution is -2.30. The van der Waals surface area contributed by atoms with E-state index in [9.17, 15) is 0 Å². The highest BCUT2D eigenvalue weighted by atomic mass is 15.1. The van der Waals surface area contributed by atoms with Gasteiger partial charge in [0.1, 0.15) is 0 Å². The summed E-state index contributed by atoms with van der Waals surface area (Å²) in [6.07, 6.45) is 11.1. The van der Waals surface area contributed by atoms with Gasteiger partial charge in [0.25, 0.3) is 0 Å². The van der Waals surface area contributed by atoms with E-state index in [1.165, 1.54) is 27.9 Å². The summed E-state index contributed by atoms with van der Waals surface area (Å²) < 4.78 is 4.14. The van der Waals surface area contributed by atoms with E-state index in [1.54, 1.807) is 0 Å². The van der Waals surface area contributed by atoms with Crippen molar-refractivity contribution >= 4 is 0 Å². The number of nitrogens with zero attached hydrogens (tertiary/aromatic N) is 3. The summed E-state index contributed by atoms with van der Waals surface area (Å²) in [6, 6.07) is 8.48. The Morgan fingerprint density at radius 1 is 1.10 bits per heavy atom. The van der Waals surface area contributed by atoms with Gasteiger partial charge in [-0.1, -0.05) is 17.7 Å². The molecule has 3 heteroatoms. The first kappa shape index (κ1) is 13.6. The van der Waals surface area contributed by atoms with Crippen LogP contribution in [-0.2, 0) is 6.54 Å². The minimum Gasteiger partial charge on any atom is -0.326 e. The highest BCUT2D eigenvalue weighted by Crippen LogP contribution is 2.16. The first-order valence-corrected chi connectivity index (χ1v) is 7.11. The van der Waals surface area contributed by atoms with Crippen LogP contribution in [0.25, 0.3) is 5.69 Å². The van der Waals surface area contributed by atoms with Crippen LogP contribution >= 0.6 is 0 Å². The summed E-state index contributed by atoms with van der Waals surface area (Å²) in [6.45, 7) is 7.24. The van der Waals surface area contributed by atoms with Gasteiger partial charge in [-0.25, -0.2) is 0 Å². The van der Waals surface area contributed by atoms with Crippen molar-refractivity contribution in [3.05, 3.63) is 77.6 Å². The predicted molar refractivity (Wildman–Crippen MR) is 82.4 cm³/mol. The number of benzene rings is 1. The molecule has 0 bridgehead atoms. The second kappa shape index (κ2) is 5.52. The van der Waals surface area contributed by atoms with Crippen LogP contribution in [0.15, 0.2) is 49.1 Å². The quantitative estimate of drug-likeness (QED) is 0.533. The molecule has 0 saturated heterocycles. The van der Waals surface area contributed by atoms with Crippen molar-refractivity contribution in [2.45, 2.75) is 27.3 Å². The van der Waals surface area contributed by atoms with Crippen molar-refractivity contribution in [2.75, 3.05) is 0 Å². The molecule has 3 aromatic rings. The smallest absolute Gasteiger partial charge is 0.243 e. The first-order valence-electron chi connectivity index (χ1n) is 7.11. The third kappa shape index (κ3) is 2.87. The Kier molecular flexibility index (Phi) is 3.57. The first-order chi connectivity index (χ1) is 10.1. The van der Waals surface area contributed by atoms with Crippen molar-refractivity contribution < 1.29 is 4.57 Å². The number of pyridine rings is 1. The molecule has 21 heavy (non-hydrogen) atoms. The Labute approximate surface area is 125 Å². The monoisotopic (exact) mass is 277 g/mol. The van der Waals surface area contributed by atoms with Crippen LogP contribution in [0.4, 0.5) is 0 Å². The summed E-state index contributed by atoms with van der Waals surface area (Å²) in [5.74, 6) is 0. The molecule has 2 heterocycles. The highest BCUT2D eigenvalue weighted by molar-refractivity contribution is 5.43. The van der Waals surface area contributed by atoms with Crippen molar-refractivity contribution in [1.29, 1.82) is 0 Å². The molecule has 3 rings (SSSR count). The van der Waals surface area contributed by atoms with Crippen molar-refractivity contribution in [2.24, 2.45) is 0 Å². The molecule has 0 radical (unpaired) electrons. The van der Waals surface area contributed by atoms with Crippen LogP contribution in [0.5, 0.6) is 0 Å². The van der Waals surface area contributed by atoms with Gasteiger partial charge in [0.2, 0.25) is 6.33 Å². The maximum atomic E-state index is 4.05. The second-order valence-corrected chi connectivity index (χ2v) is 5.50. The number of imidazole rings is 1. The van der Waals surface area contributed by atoms with Gasteiger partial charge in [-0.3, -0.25) is 4.98 Å². The molecule has 3 nitrogen and oxygen atoms in total. The van der Waals surface area contributed by atoms with Gasteiger partial charge in [-0.2, -0.15) is 0 Å². The maximum Gasteiger partial charge on any atom is 0.243 e. The Bertz CT molecular complexity index is 734. The third-order valence-corrected chi connectivity index (χ3v) is 3.61. The average molecular weight is 277 g/mol. The fourth-order valence-corrected chi connectivity index (χ4v) is 2.80. The van der Waals surface area contributed by atoms with E-state index in [0.29, 0.717) is 0 Å². The van der Waals surface area contributed by atoms with E-state index in [4.69, 9.17) is 0 Å². The van der Waals surface area contributed by atoms with E-state index < -0.39 is 0 Å². The lowest BCUT2D eigenvalue weighted by Gasteiger charge is -2.12.